The number of fused-ring (bicyclic) bond motifs is 2. The summed E-state index contributed by atoms with van der Waals surface area (Å²) in [6.07, 6.45) is 7.55. The highest BCUT2D eigenvalue weighted by Crippen LogP contribution is 2.40. The maximum Gasteiger partial charge on any atom is 0.352 e. The van der Waals surface area contributed by atoms with E-state index in [2.05, 4.69) is 15.5 Å². The molecule has 0 aromatic carbocycles. The van der Waals surface area contributed by atoms with Crippen molar-refractivity contribution >= 4 is 57.2 Å². The number of carboxylic acids is 1. The molecule has 12 nitrogen and oxygen atoms in total. The zero-order chi connectivity index (χ0) is 24.7. The van der Waals surface area contributed by atoms with Gasteiger partial charge in [0.15, 0.2) is 29.8 Å². The minimum atomic E-state index is -1.19. The van der Waals surface area contributed by atoms with Gasteiger partial charge >= 0.3 is 5.97 Å². The van der Waals surface area contributed by atoms with E-state index in [-0.39, 0.29) is 22.2 Å². The number of hydrogen-bond acceptors (Lipinski definition) is 9. The third kappa shape index (κ3) is 4.10. The van der Waals surface area contributed by atoms with Gasteiger partial charge in [-0.3, -0.25) is 14.5 Å². The molecule has 4 N–H and O–H groups in total. The lowest BCUT2D eigenvalue weighted by Gasteiger charge is -2.49. The lowest BCUT2D eigenvalue weighted by molar-refractivity contribution is -0.688. The highest BCUT2D eigenvalue weighted by Gasteiger charge is 2.54. The number of aliphatic carboxylic acids is 1. The molecular formula is C21H20N7O5S2+. The van der Waals surface area contributed by atoms with Crippen LogP contribution in [0.4, 0.5) is 5.13 Å². The molecule has 2 atom stereocenters. The summed E-state index contributed by atoms with van der Waals surface area (Å²) in [4.78, 5) is 48.0. The molecule has 180 valence electrons. The Labute approximate surface area is 206 Å². The number of rotatable bonds is 7. The van der Waals surface area contributed by atoms with Gasteiger partial charge in [0.1, 0.15) is 35.4 Å². The van der Waals surface area contributed by atoms with E-state index < -0.39 is 29.2 Å². The Balaban J connectivity index is 1.36. The number of amides is 2. The first-order chi connectivity index (χ1) is 16.9. The van der Waals surface area contributed by atoms with Crippen molar-refractivity contribution in [1.82, 2.24) is 19.6 Å². The minimum absolute atomic E-state index is 0.0509. The van der Waals surface area contributed by atoms with Crippen LogP contribution in [-0.4, -0.2) is 67.2 Å². The predicted molar refractivity (Wildman–Crippen MR) is 127 cm³/mol. The summed E-state index contributed by atoms with van der Waals surface area (Å²) < 4.78 is 3.83. The molecule has 0 aliphatic carbocycles. The van der Waals surface area contributed by atoms with Crippen molar-refractivity contribution in [2.45, 2.75) is 18.0 Å². The van der Waals surface area contributed by atoms with Gasteiger partial charge in [-0.2, -0.15) is 4.57 Å². The largest absolute Gasteiger partial charge is 0.477 e. The number of aromatic nitrogens is 3. The number of nitrogens with two attached hydrogens (primary N) is 1. The van der Waals surface area contributed by atoms with E-state index in [1.807, 2.05) is 45.9 Å². The molecule has 2 amide bonds. The van der Waals surface area contributed by atoms with E-state index in [4.69, 9.17) is 10.6 Å². The SMILES string of the molecule is CO/N=C(\C(=O)N[C@@H]1C(=O)N2C(C(=O)O)=C(C[n+]3ccn4cccc4c3)CS[C@@H]12)c1csc(N)n1. The fraction of sp³-hybridized carbons (Fsp3) is 0.238. The monoisotopic (exact) mass is 514 g/mol. The summed E-state index contributed by atoms with van der Waals surface area (Å²) in [7, 11) is 1.29. The molecule has 5 rings (SSSR count). The van der Waals surface area contributed by atoms with Crippen molar-refractivity contribution in [2.24, 2.45) is 5.16 Å². The van der Waals surface area contributed by atoms with Gasteiger partial charge in [-0.1, -0.05) is 5.16 Å². The highest BCUT2D eigenvalue weighted by atomic mass is 32.2. The summed E-state index contributed by atoms with van der Waals surface area (Å²) in [6, 6.07) is 2.95. The van der Waals surface area contributed by atoms with Crippen LogP contribution in [0.5, 0.6) is 0 Å². The number of carbonyl (C=O) groups is 3. The average Bonchev–Trinajstić information content (AvgIpc) is 3.48. The van der Waals surface area contributed by atoms with Crippen LogP contribution < -0.4 is 15.6 Å². The topological polar surface area (TPSA) is 156 Å². The van der Waals surface area contributed by atoms with Gasteiger partial charge in [0.2, 0.25) is 0 Å². The Bertz CT molecular complexity index is 1410. The maximum atomic E-state index is 13.0. The number of thioether (sulfide) groups is 1. The molecule has 0 saturated carbocycles. The van der Waals surface area contributed by atoms with Crippen LogP contribution in [0.3, 0.4) is 0 Å². The van der Waals surface area contributed by atoms with E-state index in [1.54, 1.807) is 5.38 Å². The molecule has 0 radical (unpaired) electrons. The normalized spacial score (nSPS) is 20.0. The number of anilines is 1. The molecule has 1 saturated heterocycles. The number of β-lactam (4-membered cyclic amide) rings is 1. The molecule has 0 unspecified atom stereocenters. The Morgan fingerprint density at radius 1 is 1.43 bits per heavy atom. The first-order valence-corrected chi connectivity index (χ1v) is 12.3. The van der Waals surface area contributed by atoms with Crippen molar-refractivity contribution < 1.29 is 28.9 Å². The lowest BCUT2D eigenvalue weighted by atomic mass is 10.0. The molecule has 3 aromatic rings. The average molecular weight is 515 g/mol. The summed E-state index contributed by atoms with van der Waals surface area (Å²) in [5.74, 6) is -1.97. The number of nitrogen functional groups attached to an aromatic ring is 1. The standard InChI is InChI=1S/C21H19N7O5S2/c1-33-25-14(13-10-35-21(22)23-13)17(29)24-15-18(30)28-16(20(31)32)11(9-34-19(15)28)7-26-5-6-27-4-2-3-12(27)8-26/h2-6,8,10,15,19H,7,9H2,1H3,(H3-,22,23,24,29,31,32)/p+1/b25-14-/t15-,19+/m1/s1. The molecule has 0 spiro atoms. The van der Waals surface area contributed by atoms with Crippen LogP contribution in [0.25, 0.3) is 5.52 Å². The molecule has 5 heterocycles. The van der Waals surface area contributed by atoms with Crippen LogP contribution in [0.1, 0.15) is 5.69 Å². The number of carboxylic acid groups (broad SMARTS) is 1. The molecule has 14 heteroatoms. The summed E-state index contributed by atoms with van der Waals surface area (Å²) in [5.41, 5.74) is 7.26. The molecule has 3 aromatic heterocycles. The number of hydrogen-bond donors (Lipinski definition) is 3. The Morgan fingerprint density at radius 3 is 2.97 bits per heavy atom. The van der Waals surface area contributed by atoms with Crippen LogP contribution in [0, 0.1) is 0 Å². The maximum absolute atomic E-state index is 13.0. The van der Waals surface area contributed by atoms with Crippen molar-refractivity contribution in [2.75, 3.05) is 18.6 Å². The van der Waals surface area contributed by atoms with E-state index in [0.29, 0.717) is 17.9 Å². The molecular weight excluding hydrogens is 494 g/mol. The fourth-order valence-corrected chi connectivity index (χ4v) is 5.93. The van der Waals surface area contributed by atoms with Crippen LogP contribution in [0.2, 0.25) is 0 Å². The van der Waals surface area contributed by atoms with Gasteiger partial charge in [-0.25, -0.2) is 9.78 Å². The number of nitrogens with zero attached hydrogens (tertiary/aromatic N) is 5. The number of nitrogens with one attached hydrogen (secondary N) is 1. The summed E-state index contributed by atoms with van der Waals surface area (Å²) in [6.45, 7) is 0.319. The zero-order valence-electron chi connectivity index (χ0n) is 18.3. The zero-order valence-corrected chi connectivity index (χ0v) is 20.0. The number of oxime groups is 1. The minimum Gasteiger partial charge on any atom is -0.477 e. The second kappa shape index (κ2) is 9.03. The summed E-state index contributed by atoms with van der Waals surface area (Å²) >= 11 is 2.53. The van der Waals surface area contributed by atoms with E-state index >= 15 is 0 Å². The van der Waals surface area contributed by atoms with Gasteiger partial charge in [0.25, 0.3) is 11.8 Å². The van der Waals surface area contributed by atoms with E-state index in [1.165, 1.54) is 23.8 Å². The molecule has 35 heavy (non-hydrogen) atoms. The molecule has 1 fully saturated rings. The third-order valence-electron chi connectivity index (χ3n) is 5.60. The van der Waals surface area contributed by atoms with Gasteiger partial charge in [-0.05, 0) is 12.1 Å². The molecule has 2 aliphatic heterocycles. The quantitative estimate of drug-likeness (QED) is 0.173. The van der Waals surface area contributed by atoms with Gasteiger partial charge < -0.3 is 25.4 Å². The lowest BCUT2D eigenvalue weighted by Crippen LogP contribution is -2.71. The Morgan fingerprint density at radius 2 is 2.26 bits per heavy atom. The van der Waals surface area contributed by atoms with Gasteiger partial charge in [-0.15, -0.1) is 23.1 Å². The Hall–Kier alpha value is -3.91. The van der Waals surface area contributed by atoms with Gasteiger partial charge in [0, 0.05) is 22.9 Å². The van der Waals surface area contributed by atoms with Crippen molar-refractivity contribution in [1.29, 1.82) is 0 Å². The second-order valence-corrected chi connectivity index (χ2v) is 9.75. The smallest absolute Gasteiger partial charge is 0.352 e. The predicted octanol–water partition coefficient (Wildman–Crippen LogP) is 0.0548. The van der Waals surface area contributed by atoms with E-state index in [0.717, 1.165) is 16.9 Å². The fourth-order valence-electron chi connectivity index (χ4n) is 4.05. The second-order valence-electron chi connectivity index (χ2n) is 7.75. The van der Waals surface area contributed by atoms with Crippen LogP contribution >= 0.6 is 23.1 Å². The van der Waals surface area contributed by atoms with Crippen molar-refractivity contribution in [3.63, 3.8) is 0 Å². The molecule has 2 aliphatic rings. The van der Waals surface area contributed by atoms with E-state index in [9.17, 15) is 19.5 Å². The van der Waals surface area contributed by atoms with Crippen molar-refractivity contribution in [3.8, 4) is 0 Å². The highest BCUT2D eigenvalue weighted by molar-refractivity contribution is 8.00. The van der Waals surface area contributed by atoms with Crippen molar-refractivity contribution in [3.05, 3.63) is 59.3 Å². The number of carbonyl (C=O) groups excluding carboxylic acids is 2. The van der Waals surface area contributed by atoms with Crippen LogP contribution in [0.15, 0.2) is 58.7 Å². The van der Waals surface area contributed by atoms with Gasteiger partial charge in [0.05, 0.1) is 6.20 Å². The summed E-state index contributed by atoms with van der Waals surface area (Å²) in [5, 5.41) is 17.5. The first-order valence-electron chi connectivity index (χ1n) is 10.4. The van der Waals surface area contributed by atoms with Crippen LogP contribution in [-0.2, 0) is 25.8 Å². The number of thiazole rings is 1. The first kappa shape index (κ1) is 22.9. The third-order valence-corrected chi connectivity index (χ3v) is 7.61. The molecule has 0 bridgehead atoms. The Kier molecular flexibility index (Phi) is 5.90.